The Kier molecular flexibility index (Phi) is 2.48. The predicted molar refractivity (Wildman–Crippen MR) is 58.7 cm³/mol. The van der Waals surface area contributed by atoms with E-state index >= 15 is 0 Å². The third-order valence-corrected chi connectivity index (χ3v) is 2.54. The second-order valence-electron chi connectivity index (χ2n) is 3.57. The summed E-state index contributed by atoms with van der Waals surface area (Å²) in [4.78, 5) is 3.09. The number of fused-ring (bicyclic) bond motifs is 1. The number of aliphatic hydroxyl groups is 1. The number of nitrogens with one attached hydrogen (secondary N) is 1. The van der Waals surface area contributed by atoms with E-state index in [1.54, 1.807) is 13.1 Å². The molecule has 0 aliphatic heterocycles. The topological polar surface area (TPSA) is 36.0 Å². The Morgan fingerprint density at radius 2 is 2.29 bits per heavy atom. The molecule has 1 aromatic carbocycles. The van der Waals surface area contributed by atoms with Gasteiger partial charge in [-0.25, -0.2) is 0 Å². The van der Waals surface area contributed by atoms with Crippen molar-refractivity contribution in [3.63, 3.8) is 0 Å². The van der Waals surface area contributed by atoms with Gasteiger partial charge < -0.3 is 10.1 Å². The molecule has 0 spiro atoms. The largest absolute Gasteiger partial charge is 0.393 e. The summed E-state index contributed by atoms with van der Waals surface area (Å²) in [6, 6.07) is 5.99. The van der Waals surface area contributed by atoms with Crippen molar-refractivity contribution >= 4 is 22.5 Å². The predicted octanol–water partition coefficient (Wildman–Crippen LogP) is 2.74. The van der Waals surface area contributed by atoms with Gasteiger partial charge in [-0.2, -0.15) is 0 Å². The quantitative estimate of drug-likeness (QED) is 0.784. The normalized spacial score (nSPS) is 13.4. The number of H-pyrrole nitrogens is 1. The van der Waals surface area contributed by atoms with E-state index in [2.05, 4.69) is 4.98 Å². The first-order chi connectivity index (χ1) is 6.66. The van der Waals surface area contributed by atoms with Crippen LogP contribution in [-0.4, -0.2) is 16.2 Å². The fourth-order valence-electron chi connectivity index (χ4n) is 1.61. The minimum Gasteiger partial charge on any atom is -0.393 e. The maximum atomic E-state index is 9.25. The monoisotopic (exact) mass is 209 g/mol. The van der Waals surface area contributed by atoms with E-state index in [1.165, 1.54) is 0 Å². The molecule has 2 aromatic rings. The minimum absolute atomic E-state index is 0.308. The van der Waals surface area contributed by atoms with Gasteiger partial charge in [0.2, 0.25) is 0 Å². The van der Waals surface area contributed by atoms with Crippen LogP contribution in [-0.2, 0) is 6.42 Å². The summed E-state index contributed by atoms with van der Waals surface area (Å²) in [6.07, 6.45) is 2.14. The molecule has 2 rings (SSSR count). The van der Waals surface area contributed by atoms with Crippen LogP contribution in [0.2, 0.25) is 5.02 Å². The van der Waals surface area contributed by atoms with Gasteiger partial charge in [0, 0.05) is 17.1 Å². The van der Waals surface area contributed by atoms with E-state index in [0.29, 0.717) is 6.42 Å². The van der Waals surface area contributed by atoms with Crippen molar-refractivity contribution in [1.29, 1.82) is 0 Å². The third kappa shape index (κ3) is 1.76. The molecule has 0 radical (unpaired) electrons. The number of hydrogen-bond acceptors (Lipinski definition) is 1. The summed E-state index contributed by atoms with van der Waals surface area (Å²) in [7, 11) is 0. The molecule has 1 atom stereocenters. The van der Waals surface area contributed by atoms with Gasteiger partial charge in [0.15, 0.2) is 0 Å². The van der Waals surface area contributed by atoms with Crippen LogP contribution in [0.15, 0.2) is 24.4 Å². The average Bonchev–Trinajstić information content (AvgIpc) is 2.46. The van der Waals surface area contributed by atoms with Crippen LogP contribution in [0.3, 0.4) is 0 Å². The first kappa shape index (κ1) is 9.56. The van der Waals surface area contributed by atoms with Gasteiger partial charge in [-0.1, -0.05) is 23.7 Å². The number of hydrogen-bond donors (Lipinski definition) is 2. The highest BCUT2D eigenvalue weighted by atomic mass is 35.5. The van der Waals surface area contributed by atoms with E-state index < -0.39 is 0 Å². The Morgan fingerprint density at radius 3 is 3.00 bits per heavy atom. The van der Waals surface area contributed by atoms with E-state index in [-0.39, 0.29) is 6.10 Å². The molecule has 3 heteroatoms. The van der Waals surface area contributed by atoms with Crippen LogP contribution in [0.5, 0.6) is 0 Å². The molecule has 0 aliphatic rings. The Morgan fingerprint density at radius 1 is 1.50 bits per heavy atom. The molecule has 0 aliphatic carbocycles. The van der Waals surface area contributed by atoms with E-state index in [1.807, 2.05) is 18.2 Å². The fourth-order valence-corrected chi connectivity index (χ4v) is 1.83. The van der Waals surface area contributed by atoms with Crippen molar-refractivity contribution in [2.24, 2.45) is 0 Å². The molecule has 2 nitrogen and oxygen atoms in total. The van der Waals surface area contributed by atoms with Gasteiger partial charge in [0.1, 0.15) is 0 Å². The van der Waals surface area contributed by atoms with E-state index in [0.717, 1.165) is 21.5 Å². The van der Waals surface area contributed by atoms with Crippen LogP contribution in [0.4, 0.5) is 0 Å². The lowest BCUT2D eigenvalue weighted by Gasteiger charge is -2.03. The van der Waals surface area contributed by atoms with Crippen molar-refractivity contribution in [3.05, 3.63) is 35.0 Å². The SMILES string of the molecule is CC(O)Cc1ccc2c(Cl)c[nH]c2c1. The van der Waals surface area contributed by atoms with Gasteiger partial charge in [-0.15, -0.1) is 0 Å². The summed E-state index contributed by atoms with van der Waals surface area (Å²) >= 11 is 5.95. The Bertz CT molecular complexity index is 447. The molecule has 0 bridgehead atoms. The van der Waals surface area contributed by atoms with Crippen molar-refractivity contribution in [2.75, 3.05) is 0 Å². The summed E-state index contributed by atoms with van der Waals surface area (Å²) < 4.78 is 0. The Hall–Kier alpha value is -0.990. The lowest BCUT2D eigenvalue weighted by molar-refractivity contribution is 0.195. The number of aromatic nitrogens is 1. The highest BCUT2D eigenvalue weighted by Crippen LogP contribution is 2.23. The highest BCUT2D eigenvalue weighted by Gasteiger charge is 2.03. The second-order valence-corrected chi connectivity index (χ2v) is 3.98. The molecule has 74 valence electrons. The second kappa shape index (κ2) is 3.64. The van der Waals surface area contributed by atoms with Crippen molar-refractivity contribution in [3.8, 4) is 0 Å². The maximum Gasteiger partial charge on any atom is 0.0659 e. The Balaban J connectivity index is 2.42. The van der Waals surface area contributed by atoms with Crippen LogP contribution < -0.4 is 0 Å². The van der Waals surface area contributed by atoms with Gasteiger partial charge in [0.05, 0.1) is 11.1 Å². The first-order valence-corrected chi connectivity index (χ1v) is 4.98. The number of benzene rings is 1. The third-order valence-electron chi connectivity index (χ3n) is 2.23. The number of rotatable bonds is 2. The molecule has 0 amide bonds. The standard InChI is InChI=1S/C11H12ClNO/c1-7(14)4-8-2-3-9-10(12)6-13-11(9)5-8/h2-3,5-7,13-14H,4H2,1H3. The minimum atomic E-state index is -0.308. The zero-order chi connectivity index (χ0) is 10.1. The summed E-state index contributed by atoms with van der Waals surface area (Å²) in [6.45, 7) is 1.78. The van der Waals surface area contributed by atoms with Crippen molar-refractivity contribution in [2.45, 2.75) is 19.4 Å². The van der Waals surface area contributed by atoms with Crippen LogP contribution in [0.1, 0.15) is 12.5 Å². The molecule has 0 saturated carbocycles. The summed E-state index contributed by atoms with van der Waals surface area (Å²) in [5, 5.41) is 11.0. The fraction of sp³-hybridized carbons (Fsp3) is 0.273. The molecule has 1 unspecified atom stereocenters. The smallest absolute Gasteiger partial charge is 0.0659 e. The average molecular weight is 210 g/mol. The van der Waals surface area contributed by atoms with Crippen LogP contribution in [0, 0.1) is 0 Å². The van der Waals surface area contributed by atoms with Gasteiger partial charge >= 0.3 is 0 Å². The Labute approximate surface area is 87.5 Å². The zero-order valence-corrected chi connectivity index (χ0v) is 8.67. The van der Waals surface area contributed by atoms with Crippen LogP contribution >= 0.6 is 11.6 Å². The van der Waals surface area contributed by atoms with Crippen molar-refractivity contribution in [1.82, 2.24) is 4.98 Å². The van der Waals surface area contributed by atoms with Gasteiger partial charge in [-0.3, -0.25) is 0 Å². The summed E-state index contributed by atoms with van der Waals surface area (Å²) in [5.41, 5.74) is 2.14. The number of halogens is 1. The molecule has 1 aromatic heterocycles. The zero-order valence-electron chi connectivity index (χ0n) is 7.92. The molecule has 14 heavy (non-hydrogen) atoms. The molecule has 1 heterocycles. The maximum absolute atomic E-state index is 9.25. The summed E-state index contributed by atoms with van der Waals surface area (Å²) in [5.74, 6) is 0. The van der Waals surface area contributed by atoms with Gasteiger partial charge in [-0.05, 0) is 25.0 Å². The first-order valence-electron chi connectivity index (χ1n) is 4.60. The molecule has 0 saturated heterocycles. The molecular formula is C11H12ClNO. The lowest BCUT2D eigenvalue weighted by atomic mass is 10.1. The molecule has 2 N–H and O–H groups in total. The molecular weight excluding hydrogens is 198 g/mol. The number of aliphatic hydroxyl groups excluding tert-OH is 1. The van der Waals surface area contributed by atoms with Crippen LogP contribution in [0.25, 0.3) is 10.9 Å². The number of aromatic amines is 1. The highest BCUT2D eigenvalue weighted by molar-refractivity contribution is 6.35. The van der Waals surface area contributed by atoms with Crippen molar-refractivity contribution < 1.29 is 5.11 Å². The van der Waals surface area contributed by atoms with E-state index in [4.69, 9.17) is 11.6 Å². The van der Waals surface area contributed by atoms with E-state index in [9.17, 15) is 5.11 Å². The lowest BCUT2D eigenvalue weighted by Crippen LogP contribution is -2.03. The molecule has 0 fully saturated rings. The van der Waals surface area contributed by atoms with Gasteiger partial charge in [0.25, 0.3) is 0 Å².